The Morgan fingerprint density at radius 1 is 0.733 bits per heavy atom. The van der Waals surface area contributed by atoms with E-state index in [1.54, 1.807) is 7.11 Å². The van der Waals surface area contributed by atoms with Gasteiger partial charge in [0.2, 0.25) is 0 Å². The lowest BCUT2D eigenvalue weighted by molar-refractivity contribution is 0.106. The molecule has 2 N–H and O–H groups in total. The molecule has 0 fully saturated rings. The molecular weight excluding hydrogens is 374 g/mol. The zero-order valence-corrected chi connectivity index (χ0v) is 19.7. The molecule has 0 bridgehead atoms. The Morgan fingerprint density at radius 3 is 1.70 bits per heavy atom. The molecule has 1 aromatic carbocycles. The van der Waals surface area contributed by atoms with Gasteiger partial charge in [0.25, 0.3) is 0 Å². The number of hydrogen-bond donors (Lipinski definition) is 2. The van der Waals surface area contributed by atoms with Crippen molar-refractivity contribution in [3.63, 3.8) is 0 Å². The van der Waals surface area contributed by atoms with Crippen molar-refractivity contribution in [1.82, 2.24) is 5.32 Å². The number of hydrogen-bond acceptors (Lipinski definition) is 4. The molecular formula is C26H47NO3. The van der Waals surface area contributed by atoms with E-state index in [4.69, 9.17) is 9.47 Å². The van der Waals surface area contributed by atoms with Crippen LogP contribution in [0.3, 0.4) is 0 Å². The van der Waals surface area contributed by atoms with E-state index < -0.39 is 6.10 Å². The lowest BCUT2D eigenvalue weighted by atomic mass is 10.0. The van der Waals surface area contributed by atoms with Gasteiger partial charge < -0.3 is 19.9 Å². The predicted octanol–water partition coefficient (Wildman–Crippen LogP) is 6.51. The Labute approximate surface area is 185 Å². The first-order valence-corrected chi connectivity index (χ1v) is 12.4. The zero-order chi connectivity index (χ0) is 21.7. The van der Waals surface area contributed by atoms with E-state index in [1.807, 2.05) is 24.3 Å². The number of aliphatic hydroxyl groups excluding tert-OH is 1. The minimum absolute atomic E-state index is 0.304. The van der Waals surface area contributed by atoms with E-state index in [0.717, 1.165) is 18.0 Å². The van der Waals surface area contributed by atoms with Crippen molar-refractivity contribution in [2.24, 2.45) is 0 Å². The molecule has 1 atom stereocenters. The molecule has 1 rings (SSSR count). The van der Waals surface area contributed by atoms with Gasteiger partial charge in [-0.1, -0.05) is 90.4 Å². The molecule has 30 heavy (non-hydrogen) atoms. The average molecular weight is 422 g/mol. The fraction of sp³-hybridized carbons (Fsp3) is 0.769. The molecule has 0 amide bonds. The van der Waals surface area contributed by atoms with E-state index >= 15 is 0 Å². The normalized spacial score (nSPS) is 12.1. The van der Waals surface area contributed by atoms with Gasteiger partial charge in [-0.2, -0.15) is 0 Å². The lowest BCUT2D eigenvalue weighted by Crippen LogP contribution is -2.32. The number of rotatable bonds is 21. The summed E-state index contributed by atoms with van der Waals surface area (Å²) in [5.74, 6) is 1.56. The maximum Gasteiger partial charge on any atom is 0.119 e. The van der Waals surface area contributed by atoms with Crippen LogP contribution in [0.5, 0.6) is 11.5 Å². The van der Waals surface area contributed by atoms with Crippen molar-refractivity contribution in [2.75, 3.05) is 26.8 Å². The molecule has 0 saturated heterocycles. The largest absolute Gasteiger partial charge is 0.497 e. The van der Waals surface area contributed by atoms with Gasteiger partial charge in [-0.05, 0) is 37.2 Å². The summed E-state index contributed by atoms with van der Waals surface area (Å²) in [6.07, 6.45) is 18.8. The van der Waals surface area contributed by atoms with E-state index in [0.29, 0.717) is 13.2 Å². The van der Waals surface area contributed by atoms with Crippen molar-refractivity contribution in [2.45, 2.75) is 103 Å². The van der Waals surface area contributed by atoms with Crippen LogP contribution in [-0.2, 0) is 0 Å². The molecule has 0 saturated carbocycles. The van der Waals surface area contributed by atoms with Crippen LogP contribution in [0.1, 0.15) is 96.8 Å². The van der Waals surface area contributed by atoms with Crippen molar-refractivity contribution in [1.29, 1.82) is 0 Å². The highest BCUT2D eigenvalue weighted by molar-refractivity contribution is 5.31. The third-order valence-corrected chi connectivity index (χ3v) is 5.59. The topological polar surface area (TPSA) is 50.7 Å². The highest BCUT2D eigenvalue weighted by Crippen LogP contribution is 2.17. The van der Waals surface area contributed by atoms with Gasteiger partial charge in [0.1, 0.15) is 24.2 Å². The van der Waals surface area contributed by atoms with Gasteiger partial charge in [-0.15, -0.1) is 0 Å². The van der Waals surface area contributed by atoms with Gasteiger partial charge in [-0.25, -0.2) is 0 Å². The highest BCUT2D eigenvalue weighted by atomic mass is 16.5. The van der Waals surface area contributed by atoms with Crippen LogP contribution in [-0.4, -0.2) is 38.0 Å². The number of ether oxygens (including phenoxy) is 2. The summed E-state index contributed by atoms with van der Waals surface area (Å²) < 4.78 is 10.7. The van der Waals surface area contributed by atoms with E-state index in [2.05, 4.69) is 12.2 Å². The molecule has 4 nitrogen and oxygen atoms in total. The first-order valence-electron chi connectivity index (χ1n) is 12.4. The van der Waals surface area contributed by atoms with Gasteiger partial charge >= 0.3 is 0 Å². The lowest BCUT2D eigenvalue weighted by Gasteiger charge is -2.13. The molecule has 1 aromatic rings. The quantitative estimate of drug-likeness (QED) is 0.222. The molecule has 174 valence electrons. The van der Waals surface area contributed by atoms with Crippen molar-refractivity contribution >= 4 is 0 Å². The van der Waals surface area contributed by atoms with Crippen LogP contribution >= 0.6 is 0 Å². The number of aliphatic hydroxyl groups is 1. The fourth-order valence-corrected chi connectivity index (χ4v) is 3.64. The number of benzene rings is 1. The summed E-state index contributed by atoms with van der Waals surface area (Å²) in [5.41, 5.74) is 0. The van der Waals surface area contributed by atoms with E-state index in [9.17, 15) is 5.11 Å². The predicted molar refractivity (Wildman–Crippen MR) is 128 cm³/mol. The van der Waals surface area contributed by atoms with Crippen LogP contribution in [0.25, 0.3) is 0 Å². The van der Waals surface area contributed by atoms with Crippen LogP contribution < -0.4 is 14.8 Å². The van der Waals surface area contributed by atoms with Crippen LogP contribution in [0.2, 0.25) is 0 Å². The second kappa shape index (κ2) is 19.7. The van der Waals surface area contributed by atoms with E-state index in [-0.39, 0.29) is 0 Å². The molecule has 4 heteroatoms. The monoisotopic (exact) mass is 421 g/mol. The van der Waals surface area contributed by atoms with Crippen LogP contribution in [0, 0.1) is 0 Å². The summed E-state index contributed by atoms with van der Waals surface area (Å²) in [4.78, 5) is 0. The van der Waals surface area contributed by atoms with Crippen molar-refractivity contribution in [3.05, 3.63) is 24.3 Å². The Morgan fingerprint density at radius 2 is 1.20 bits per heavy atom. The van der Waals surface area contributed by atoms with Crippen molar-refractivity contribution < 1.29 is 14.6 Å². The second-order valence-corrected chi connectivity index (χ2v) is 8.44. The Bertz CT molecular complexity index is 478. The Balaban J connectivity index is 1.80. The van der Waals surface area contributed by atoms with Gasteiger partial charge in [-0.3, -0.25) is 0 Å². The number of nitrogens with one attached hydrogen (secondary N) is 1. The van der Waals surface area contributed by atoms with Gasteiger partial charge in [0.15, 0.2) is 0 Å². The first-order chi connectivity index (χ1) is 14.8. The maximum absolute atomic E-state index is 10.0. The molecule has 0 heterocycles. The molecule has 0 radical (unpaired) electrons. The first kappa shape index (κ1) is 26.8. The third-order valence-electron chi connectivity index (χ3n) is 5.59. The Hall–Kier alpha value is -1.26. The molecule has 0 aromatic heterocycles. The molecule has 0 aliphatic carbocycles. The fourth-order valence-electron chi connectivity index (χ4n) is 3.64. The number of methoxy groups -OCH3 is 1. The van der Waals surface area contributed by atoms with Gasteiger partial charge in [0.05, 0.1) is 7.11 Å². The van der Waals surface area contributed by atoms with Gasteiger partial charge in [0, 0.05) is 6.54 Å². The van der Waals surface area contributed by atoms with E-state index in [1.165, 1.54) is 89.9 Å². The van der Waals surface area contributed by atoms with Crippen LogP contribution in [0.4, 0.5) is 0 Å². The zero-order valence-electron chi connectivity index (χ0n) is 19.7. The standard InChI is InChI=1S/C26H47NO3/c1-3-4-5-6-7-8-9-10-11-12-13-14-15-16-21-27-22-24(28)23-30-26-19-17-25(29-2)18-20-26/h17-20,24,27-28H,3-16,21-23H2,1-2H3/t24-/m1/s1. The third kappa shape index (κ3) is 15.6. The smallest absolute Gasteiger partial charge is 0.119 e. The summed E-state index contributed by atoms with van der Waals surface area (Å²) in [7, 11) is 1.64. The Kier molecular flexibility index (Phi) is 17.6. The molecule has 0 aliphatic heterocycles. The minimum atomic E-state index is -0.487. The summed E-state index contributed by atoms with van der Waals surface area (Å²) in [6, 6.07) is 7.42. The summed E-state index contributed by atoms with van der Waals surface area (Å²) in [6.45, 7) is 4.13. The summed E-state index contributed by atoms with van der Waals surface area (Å²) in [5, 5.41) is 13.3. The molecule has 0 aliphatic rings. The average Bonchev–Trinajstić information content (AvgIpc) is 2.77. The second-order valence-electron chi connectivity index (χ2n) is 8.44. The summed E-state index contributed by atoms with van der Waals surface area (Å²) >= 11 is 0. The highest BCUT2D eigenvalue weighted by Gasteiger charge is 2.05. The van der Waals surface area contributed by atoms with Crippen LogP contribution in [0.15, 0.2) is 24.3 Å². The maximum atomic E-state index is 10.0. The molecule has 0 spiro atoms. The van der Waals surface area contributed by atoms with Crippen molar-refractivity contribution in [3.8, 4) is 11.5 Å². The molecule has 0 unspecified atom stereocenters. The minimum Gasteiger partial charge on any atom is -0.497 e. The number of unbranched alkanes of at least 4 members (excludes halogenated alkanes) is 13. The SMILES string of the molecule is CCCCCCCCCCCCCCCCNC[C@@H](O)COc1ccc(OC)cc1.